The highest BCUT2D eigenvalue weighted by atomic mass is 32.2. The molecule has 1 aromatic carbocycles. The zero-order chi connectivity index (χ0) is 15.7. The first-order valence-electron chi connectivity index (χ1n) is 6.30. The lowest BCUT2D eigenvalue weighted by Gasteiger charge is -2.26. The van der Waals surface area contributed by atoms with Crippen LogP contribution < -0.4 is 9.86 Å². The number of primary sulfonamides is 1. The van der Waals surface area contributed by atoms with E-state index in [0.717, 1.165) is 31.4 Å². The number of nitrogens with one attached hydrogen (secondary N) is 1. The summed E-state index contributed by atoms with van der Waals surface area (Å²) in [4.78, 5) is -0.416. The number of hydrogen-bond acceptors (Lipinski definition) is 4. The fourth-order valence-corrected chi connectivity index (χ4v) is 3.90. The maximum Gasteiger partial charge on any atom is 0.301 e. The Balaban J connectivity index is 2.23. The van der Waals surface area contributed by atoms with Crippen LogP contribution >= 0.6 is 0 Å². The summed E-state index contributed by atoms with van der Waals surface area (Å²) in [6, 6.07) is 2.77. The Morgan fingerprint density at radius 1 is 1.10 bits per heavy atom. The highest BCUT2D eigenvalue weighted by molar-refractivity contribution is 7.90. The van der Waals surface area contributed by atoms with Crippen molar-refractivity contribution in [3.63, 3.8) is 0 Å². The second-order valence-electron chi connectivity index (χ2n) is 4.75. The van der Waals surface area contributed by atoms with Gasteiger partial charge >= 0.3 is 10.2 Å². The lowest BCUT2D eigenvalue weighted by molar-refractivity contribution is 0.349. The van der Waals surface area contributed by atoms with Gasteiger partial charge in [0.2, 0.25) is 10.0 Å². The second kappa shape index (κ2) is 5.87. The summed E-state index contributed by atoms with van der Waals surface area (Å²) in [5, 5.41) is 4.88. The number of piperidine rings is 1. The number of hydrogen-bond donors (Lipinski definition) is 2. The van der Waals surface area contributed by atoms with E-state index >= 15 is 0 Å². The average molecular weight is 337 g/mol. The molecule has 10 heteroatoms. The Morgan fingerprint density at radius 3 is 2.24 bits per heavy atom. The molecule has 1 saturated heterocycles. The maximum atomic E-state index is 13.8. The van der Waals surface area contributed by atoms with E-state index in [9.17, 15) is 21.2 Å². The smallest absolute Gasteiger partial charge is 0.268 e. The van der Waals surface area contributed by atoms with Crippen molar-refractivity contribution in [1.82, 2.24) is 4.31 Å². The van der Waals surface area contributed by atoms with Gasteiger partial charge in [-0.3, -0.25) is 4.72 Å². The molecule has 1 aromatic rings. The fraction of sp³-hybridized carbons (Fsp3) is 0.455. The van der Waals surface area contributed by atoms with E-state index < -0.39 is 30.9 Å². The van der Waals surface area contributed by atoms with E-state index in [1.54, 1.807) is 0 Å². The van der Waals surface area contributed by atoms with E-state index in [0.29, 0.717) is 19.2 Å². The van der Waals surface area contributed by atoms with E-state index in [4.69, 9.17) is 5.14 Å². The molecular formula is C11H16FN3O4S2. The van der Waals surface area contributed by atoms with Gasteiger partial charge in [-0.2, -0.15) is 12.7 Å². The molecule has 0 aromatic heterocycles. The quantitative estimate of drug-likeness (QED) is 0.839. The standard InChI is InChI=1S/C11H16FN3O4S2/c12-10-8-9(20(13,16)17)4-5-11(10)14-21(18,19)15-6-2-1-3-7-15/h4-5,8,14H,1-3,6-7H2,(H2,13,16,17). The summed E-state index contributed by atoms with van der Waals surface area (Å²) in [7, 11) is -7.88. The zero-order valence-electron chi connectivity index (χ0n) is 11.1. The third-order valence-electron chi connectivity index (χ3n) is 3.16. The monoisotopic (exact) mass is 337 g/mol. The predicted octanol–water partition coefficient (Wildman–Crippen LogP) is 0.616. The molecule has 7 nitrogen and oxygen atoms in total. The van der Waals surface area contributed by atoms with Crippen molar-refractivity contribution in [2.75, 3.05) is 17.8 Å². The number of benzene rings is 1. The third-order valence-corrected chi connectivity index (χ3v) is 5.60. The van der Waals surface area contributed by atoms with Crippen LogP contribution in [0.2, 0.25) is 0 Å². The van der Waals surface area contributed by atoms with Crippen LogP contribution in [0.1, 0.15) is 19.3 Å². The Morgan fingerprint density at radius 2 is 1.71 bits per heavy atom. The van der Waals surface area contributed by atoms with Crippen molar-refractivity contribution in [3.05, 3.63) is 24.0 Å². The molecule has 0 bridgehead atoms. The molecule has 1 aliphatic heterocycles. The SMILES string of the molecule is NS(=O)(=O)c1ccc(NS(=O)(=O)N2CCCCC2)c(F)c1. The van der Waals surface area contributed by atoms with Crippen LogP contribution in [0.15, 0.2) is 23.1 Å². The summed E-state index contributed by atoms with van der Waals surface area (Å²) in [5.41, 5.74) is -0.312. The molecule has 0 spiro atoms. The molecule has 3 N–H and O–H groups in total. The Bertz CT molecular complexity index is 728. The lowest BCUT2D eigenvalue weighted by atomic mass is 10.2. The average Bonchev–Trinajstić information content (AvgIpc) is 2.41. The highest BCUT2D eigenvalue weighted by Gasteiger charge is 2.25. The van der Waals surface area contributed by atoms with Crippen molar-refractivity contribution in [2.24, 2.45) is 5.14 Å². The van der Waals surface area contributed by atoms with Crippen LogP contribution in [0.25, 0.3) is 0 Å². The van der Waals surface area contributed by atoms with Gasteiger partial charge in [0.15, 0.2) is 0 Å². The van der Waals surface area contributed by atoms with Crippen molar-refractivity contribution < 1.29 is 21.2 Å². The second-order valence-corrected chi connectivity index (χ2v) is 7.99. The van der Waals surface area contributed by atoms with Gasteiger partial charge in [0.05, 0.1) is 10.6 Å². The highest BCUT2D eigenvalue weighted by Crippen LogP contribution is 2.21. The van der Waals surface area contributed by atoms with Crippen molar-refractivity contribution in [3.8, 4) is 0 Å². The largest absolute Gasteiger partial charge is 0.301 e. The predicted molar refractivity (Wildman–Crippen MR) is 75.7 cm³/mol. The number of rotatable bonds is 4. The van der Waals surface area contributed by atoms with Crippen molar-refractivity contribution in [1.29, 1.82) is 0 Å². The van der Waals surface area contributed by atoms with Crippen molar-refractivity contribution >= 4 is 25.9 Å². The molecule has 2 rings (SSSR count). The molecule has 0 atom stereocenters. The minimum atomic E-state index is -4.03. The van der Waals surface area contributed by atoms with Crippen LogP contribution in [0.5, 0.6) is 0 Å². The molecule has 0 radical (unpaired) electrons. The topological polar surface area (TPSA) is 110 Å². The van der Waals surface area contributed by atoms with Crippen LogP contribution in [0.4, 0.5) is 10.1 Å². The first kappa shape index (κ1) is 16.1. The minimum absolute atomic E-state index is 0.312. The molecule has 118 valence electrons. The summed E-state index contributed by atoms with van der Waals surface area (Å²) in [6.45, 7) is 0.762. The first-order valence-corrected chi connectivity index (χ1v) is 9.29. The molecule has 0 aliphatic carbocycles. The maximum absolute atomic E-state index is 13.8. The molecule has 1 aliphatic rings. The van der Waals surface area contributed by atoms with Gasteiger partial charge in [0, 0.05) is 13.1 Å². The summed E-state index contributed by atoms with van der Waals surface area (Å²) < 4.78 is 63.5. The molecule has 0 amide bonds. The molecule has 1 heterocycles. The molecule has 21 heavy (non-hydrogen) atoms. The third kappa shape index (κ3) is 3.90. The van der Waals surface area contributed by atoms with Crippen LogP contribution in [-0.4, -0.2) is 34.2 Å². The number of nitrogens with zero attached hydrogens (tertiary/aromatic N) is 1. The van der Waals surface area contributed by atoms with Gasteiger partial charge in [-0.1, -0.05) is 6.42 Å². The van der Waals surface area contributed by atoms with Crippen LogP contribution in [0, 0.1) is 5.82 Å². The number of sulfonamides is 1. The van der Waals surface area contributed by atoms with Gasteiger partial charge in [-0.05, 0) is 31.0 Å². The number of anilines is 1. The van der Waals surface area contributed by atoms with Crippen LogP contribution in [-0.2, 0) is 20.2 Å². The normalized spacial score (nSPS) is 17.6. The molecule has 0 unspecified atom stereocenters. The minimum Gasteiger partial charge on any atom is -0.268 e. The Labute approximate surface area is 123 Å². The van der Waals surface area contributed by atoms with Gasteiger partial charge < -0.3 is 0 Å². The van der Waals surface area contributed by atoms with E-state index in [-0.39, 0.29) is 5.69 Å². The number of nitrogens with two attached hydrogens (primary N) is 1. The molecule has 0 saturated carbocycles. The van der Waals surface area contributed by atoms with Gasteiger partial charge in [0.1, 0.15) is 5.82 Å². The van der Waals surface area contributed by atoms with Crippen molar-refractivity contribution in [2.45, 2.75) is 24.2 Å². The summed E-state index contributed by atoms with van der Waals surface area (Å²) >= 11 is 0. The first-order chi connectivity index (χ1) is 9.70. The van der Waals surface area contributed by atoms with E-state index in [1.807, 2.05) is 0 Å². The van der Waals surface area contributed by atoms with Gasteiger partial charge in [-0.15, -0.1) is 0 Å². The lowest BCUT2D eigenvalue weighted by Crippen LogP contribution is -2.39. The Kier molecular flexibility index (Phi) is 4.51. The van der Waals surface area contributed by atoms with Gasteiger partial charge in [0.25, 0.3) is 0 Å². The van der Waals surface area contributed by atoms with Gasteiger partial charge in [-0.25, -0.2) is 17.9 Å². The zero-order valence-corrected chi connectivity index (χ0v) is 12.8. The Hall–Kier alpha value is -1.23. The summed E-state index contributed by atoms with van der Waals surface area (Å²) in [5.74, 6) is -0.998. The molecular weight excluding hydrogens is 321 g/mol. The van der Waals surface area contributed by atoms with E-state index in [2.05, 4.69) is 4.72 Å². The number of halogens is 1. The summed E-state index contributed by atoms with van der Waals surface area (Å²) in [6.07, 6.45) is 2.48. The van der Waals surface area contributed by atoms with E-state index in [1.165, 1.54) is 4.31 Å². The molecule has 1 fully saturated rings. The fourth-order valence-electron chi connectivity index (χ4n) is 2.06. The van der Waals surface area contributed by atoms with Crippen LogP contribution in [0.3, 0.4) is 0 Å².